The van der Waals surface area contributed by atoms with Crippen molar-refractivity contribution in [1.29, 1.82) is 0 Å². The maximum atomic E-state index is 12.7. The fourth-order valence-corrected chi connectivity index (χ4v) is 4.69. The van der Waals surface area contributed by atoms with Gasteiger partial charge in [-0.05, 0) is 49.1 Å². The molecule has 0 spiro atoms. The lowest BCUT2D eigenvalue weighted by Crippen LogP contribution is -2.56. The van der Waals surface area contributed by atoms with E-state index in [2.05, 4.69) is 44.7 Å². The Morgan fingerprint density at radius 2 is 1.97 bits per heavy atom. The van der Waals surface area contributed by atoms with Crippen molar-refractivity contribution in [3.8, 4) is 5.75 Å². The first-order chi connectivity index (χ1) is 16.1. The molecule has 1 saturated heterocycles. The van der Waals surface area contributed by atoms with Crippen molar-refractivity contribution in [3.63, 3.8) is 0 Å². The van der Waals surface area contributed by atoms with Crippen LogP contribution in [-0.4, -0.2) is 62.1 Å². The molecule has 2 N–H and O–H groups in total. The highest BCUT2D eigenvalue weighted by Crippen LogP contribution is 2.26. The van der Waals surface area contributed by atoms with Crippen molar-refractivity contribution in [1.82, 2.24) is 15.5 Å². The molecule has 33 heavy (non-hydrogen) atoms. The first kappa shape index (κ1) is 23.1. The van der Waals surface area contributed by atoms with E-state index in [0.29, 0.717) is 26.2 Å². The van der Waals surface area contributed by atoms with Crippen molar-refractivity contribution in [2.45, 2.75) is 38.8 Å². The number of hydrogen-bond acceptors (Lipinski definition) is 5. The summed E-state index contributed by atoms with van der Waals surface area (Å²) >= 11 is 0. The largest absolute Gasteiger partial charge is 0.494 e. The number of carbonyl (C=O) groups excluding carboxylic acids is 2. The van der Waals surface area contributed by atoms with Crippen molar-refractivity contribution in [3.05, 3.63) is 59.7 Å². The summed E-state index contributed by atoms with van der Waals surface area (Å²) in [6.45, 7) is 6.89. The second kappa shape index (κ2) is 11.2. The number of hydrogen-bond donors (Lipinski definition) is 2. The molecular weight excluding hydrogens is 416 g/mol. The van der Waals surface area contributed by atoms with Crippen LogP contribution >= 0.6 is 0 Å². The van der Waals surface area contributed by atoms with E-state index in [0.717, 1.165) is 43.8 Å². The maximum absolute atomic E-state index is 12.7. The lowest BCUT2D eigenvalue weighted by atomic mass is 10.0. The second-order valence-electron chi connectivity index (χ2n) is 8.63. The van der Waals surface area contributed by atoms with Crippen molar-refractivity contribution >= 4 is 17.5 Å². The van der Waals surface area contributed by atoms with Gasteiger partial charge in [-0.15, -0.1) is 0 Å². The third-order valence-corrected chi connectivity index (χ3v) is 6.35. The zero-order chi connectivity index (χ0) is 23.0. The topological polar surface area (TPSA) is 73.9 Å². The molecule has 1 unspecified atom stereocenters. The predicted molar refractivity (Wildman–Crippen MR) is 129 cm³/mol. The lowest BCUT2D eigenvalue weighted by Gasteiger charge is -2.35. The fourth-order valence-electron chi connectivity index (χ4n) is 4.69. The molecule has 2 amide bonds. The number of piperazine rings is 1. The van der Waals surface area contributed by atoms with Crippen LogP contribution in [0.4, 0.5) is 5.69 Å². The van der Waals surface area contributed by atoms with E-state index in [1.54, 1.807) is 0 Å². The van der Waals surface area contributed by atoms with Gasteiger partial charge in [0, 0.05) is 45.0 Å². The van der Waals surface area contributed by atoms with Gasteiger partial charge in [-0.25, -0.2) is 0 Å². The molecular formula is C26H34N4O3. The van der Waals surface area contributed by atoms with Crippen LogP contribution in [-0.2, 0) is 22.6 Å². The van der Waals surface area contributed by atoms with Crippen molar-refractivity contribution in [2.24, 2.45) is 0 Å². The molecule has 4 rings (SSSR count). The van der Waals surface area contributed by atoms with E-state index in [1.807, 2.05) is 31.2 Å². The Morgan fingerprint density at radius 3 is 2.79 bits per heavy atom. The van der Waals surface area contributed by atoms with Crippen LogP contribution < -0.4 is 20.3 Å². The minimum atomic E-state index is -0.457. The molecule has 2 heterocycles. The molecule has 0 aliphatic carbocycles. The van der Waals surface area contributed by atoms with Gasteiger partial charge in [-0.2, -0.15) is 0 Å². The summed E-state index contributed by atoms with van der Waals surface area (Å²) in [5.41, 5.74) is 3.74. The molecule has 2 aliphatic heterocycles. The average molecular weight is 451 g/mol. The molecule has 2 aliphatic rings. The molecule has 1 atom stereocenters. The lowest BCUT2D eigenvalue weighted by molar-refractivity contribution is -0.134. The van der Waals surface area contributed by atoms with Gasteiger partial charge in [0.25, 0.3) is 0 Å². The standard InChI is InChI=1S/C26H34N4O3/c1-2-33-22-11-9-20(10-12-22)19-30-17-14-28-26(32)24(30)18-25(31)27-13-16-29-15-5-7-21-6-3-4-8-23(21)29/h3-4,6,8-12,24H,2,5,7,13-19H2,1H3,(H,27,31)(H,28,32). The van der Waals surface area contributed by atoms with Crippen molar-refractivity contribution < 1.29 is 14.3 Å². The second-order valence-corrected chi connectivity index (χ2v) is 8.63. The van der Waals surface area contributed by atoms with Gasteiger partial charge in [0.1, 0.15) is 5.75 Å². The summed E-state index contributed by atoms with van der Waals surface area (Å²) in [5, 5.41) is 5.94. The number of para-hydroxylation sites is 1. The third kappa shape index (κ3) is 6.05. The molecule has 7 nitrogen and oxygen atoms in total. The number of benzene rings is 2. The first-order valence-corrected chi connectivity index (χ1v) is 12.0. The minimum absolute atomic E-state index is 0.0766. The molecule has 0 saturated carbocycles. The smallest absolute Gasteiger partial charge is 0.237 e. The Kier molecular flexibility index (Phi) is 7.83. The zero-order valence-corrected chi connectivity index (χ0v) is 19.4. The van der Waals surface area contributed by atoms with Gasteiger partial charge in [-0.3, -0.25) is 14.5 Å². The first-order valence-electron chi connectivity index (χ1n) is 12.0. The van der Waals surface area contributed by atoms with Crippen LogP contribution in [0.1, 0.15) is 30.9 Å². The summed E-state index contributed by atoms with van der Waals surface area (Å²) in [5.74, 6) is 0.677. The SMILES string of the molecule is CCOc1ccc(CN2CCNC(=O)C2CC(=O)NCCN2CCCc3ccccc32)cc1. The number of carbonyl (C=O) groups is 2. The summed E-state index contributed by atoms with van der Waals surface area (Å²) in [6.07, 6.45) is 2.41. The quantitative estimate of drug-likeness (QED) is 0.614. The Bertz CT molecular complexity index is 947. The number of rotatable bonds is 9. The molecule has 7 heteroatoms. The Balaban J connectivity index is 1.29. The number of nitrogens with one attached hydrogen (secondary N) is 2. The Morgan fingerprint density at radius 1 is 1.15 bits per heavy atom. The van der Waals surface area contributed by atoms with E-state index >= 15 is 0 Å². The van der Waals surface area contributed by atoms with E-state index in [4.69, 9.17) is 4.74 Å². The van der Waals surface area contributed by atoms with Gasteiger partial charge in [0.15, 0.2) is 0 Å². The zero-order valence-electron chi connectivity index (χ0n) is 19.4. The monoisotopic (exact) mass is 450 g/mol. The number of anilines is 1. The highest BCUT2D eigenvalue weighted by atomic mass is 16.5. The van der Waals surface area contributed by atoms with Gasteiger partial charge in [0.05, 0.1) is 19.1 Å². The summed E-state index contributed by atoms with van der Waals surface area (Å²) in [4.78, 5) is 29.7. The summed E-state index contributed by atoms with van der Waals surface area (Å²) in [7, 11) is 0. The number of ether oxygens (including phenoxy) is 1. The van der Waals surface area contributed by atoms with Crippen LogP contribution in [0.15, 0.2) is 48.5 Å². The molecule has 176 valence electrons. The predicted octanol–water partition coefficient (Wildman–Crippen LogP) is 2.34. The molecule has 2 aromatic rings. The normalized spacial score (nSPS) is 18.4. The Labute approximate surface area is 196 Å². The summed E-state index contributed by atoms with van der Waals surface area (Å²) in [6, 6.07) is 16.0. The number of nitrogens with zero attached hydrogens (tertiary/aromatic N) is 2. The van der Waals surface area contributed by atoms with Crippen LogP contribution in [0.3, 0.4) is 0 Å². The number of fused-ring (bicyclic) bond motifs is 1. The highest BCUT2D eigenvalue weighted by molar-refractivity contribution is 5.88. The molecule has 0 radical (unpaired) electrons. The van der Waals surface area contributed by atoms with Crippen LogP contribution in [0.25, 0.3) is 0 Å². The van der Waals surface area contributed by atoms with Gasteiger partial charge in [0.2, 0.25) is 11.8 Å². The van der Waals surface area contributed by atoms with Gasteiger partial charge >= 0.3 is 0 Å². The average Bonchev–Trinajstić information content (AvgIpc) is 2.83. The Hall–Kier alpha value is -3.06. The molecule has 0 aromatic heterocycles. The third-order valence-electron chi connectivity index (χ3n) is 6.35. The van der Waals surface area contributed by atoms with Crippen LogP contribution in [0.5, 0.6) is 5.75 Å². The van der Waals surface area contributed by atoms with E-state index < -0.39 is 6.04 Å². The van der Waals surface area contributed by atoms with Gasteiger partial charge < -0.3 is 20.3 Å². The minimum Gasteiger partial charge on any atom is -0.494 e. The number of amides is 2. The number of aryl methyl sites for hydroxylation is 1. The van der Waals surface area contributed by atoms with Gasteiger partial charge in [-0.1, -0.05) is 30.3 Å². The van der Waals surface area contributed by atoms with Crippen LogP contribution in [0, 0.1) is 0 Å². The summed E-state index contributed by atoms with van der Waals surface area (Å²) < 4.78 is 5.51. The highest BCUT2D eigenvalue weighted by Gasteiger charge is 2.31. The fraction of sp³-hybridized carbons (Fsp3) is 0.462. The van der Waals surface area contributed by atoms with Crippen LogP contribution in [0.2, 0.25) is 0 Å². The van der Waals surface area contributed by atoms with Crippen molar-refractivity contribution in [2.75, 3.05) is 44.2 Å². The molecule has 2 aromatic carbocycles. The maximum Gasteiger partial charge on any atom is 0.237 e. The molecule has 0 bridgehead atoms. The van der Waals surface area contributed by atoms with E-state index in [1.165, 1.54) is 11.3 Å². The van der Waals surface area contributed by atoms with E-state index in [-0.39, 0.29) is 18.2 Å². The van der Waals surface area contributed by atoms with E-state index in [9.17, 15) is 9.59 Å². The molecule has 1 fully saturated rings.